The van der Waals surface area contributed by atoms with Crippen molar-refractivity contribution in [3.63, 3.8) is 0 Å². The van der Waals surface area contributed by atoms with Gasteiger partial charge in [0.15, 0.2) is 16.6 Å². The molecule has 0 fully saturated rings. The molecule has 0 aliphatic heterocycles. The molecule has 134 valence electrons. The number of nitrogens with one attached hydrogen (secondary N) is 1. The number of hydrogen-bond donors (Lipinski definition) is 1. The highest BCUT2D eigenvalue weighted by Gasteiger charge is 2.10. The van der Waals surface area contributed by atoms with Crippen molar-refractivity contribution in [3.05, 3.63) is 53.7 Å². The van der Waals surface area contributed by atoms with Crippen LogP contribution in [0, 0.1) is 0 Å². The molecule has 6 nitrogen and oxygen atoms in total. The SMILES string of the molecule is COc1ccc(CCC(=O)Nc2nc(-c3cccnc3)cs2)cc1OC. The molecule has 0 aliphatic rings. The molecule has 0 radical (unpaired) electrons. The van der Waals surface area contributed by atoms with Crippen LogP contribution in [0.3, 0.4) is 0 Å². The lowest BCUT2D eigenvalue weighted by Crippen LogP contribution is -2.12. The molecule has 1 N–H and O–H groups in total. The molecule has 0 aliphatic carbocycles. The zero-order valence-electron chi connectivity index (χ0n) is 14.6. The molecule has 0 saturated heterocycles. The van der Waals surface area contributed by atoms with E-state index in [9.17, 15) is 4.79 Å². The van der Waals surface area contributed by atoms with Gasteiger partial charge in [0.05, 0.1) is 19.9 Å². The normalized spacial score (nSPS) is 10.4. The second-order valence-corrected chi connectivity index (χ2v) is 6.38. The van der Waals surface area contributed by atoms with Crippen LogP contribution < -0.4 is 14.8 Å². The van der Waals surface area contributed by atoms with E-state index in [4.69, 9.17) is 9.47 Å². The fourth-order valence-corrected chi connectivity index (χ4v) is 3.19. The van der Waals surface area contributed by atoms with Crippen LogP contribution in [0.4, 0.5) is 5.13 Å². The van der Waals surface area contributed by atoms with E-state index >= 15 is 0 Å². The number of nitrogens with zero attached hydrogens (tertiary/aromatic N) is 2. The summed E-state index contributed by atoms with van der Waals surface area (Å²) < 4.78 is 10.5. The van der Waals surface area contributed by atoms with Gasteiger partial charge in [-0.2, -0.15) is 0 Å². The van der Waals surface area contributed by atoms with E-state index in [2.05, 4.69) is 15.3 Å². The van der Waals surface area contributed by atoms with Gasteiger partial charge in [-0.1, -0.05) is 6.07 Å². The van der Waals surface area contributed by atoms with Crippen molar-refractivity contribution in [3.8, 4) is 22.8 Å². The smallest absolute Gasteiger partial charge is 0.226 e. The Bertz CT molecular complexity index is 881. The van der Waals surface area contributed by atoms with E-state index in [0.717, 1.165) is 16.8 Å². The van der Waals surface area contributed by atoms with Gasteiger partial charge in [0.2, 0.25) is 5.91 Å². The number of hydrogen-bond acceptors (Lipinski definition) is 6. The third-order valence-electron chi connectivity index (χ3n) is 3.80. The van der Waals surface area contributed by atoms with Crippen molar-refractivity contribution in [2.75, 3.05) is 19.5 Å². The number of methoxy groups -OCH3 is 2. The molecule has 7 heteroatoms. The number of rotatable bonds is 7. The van der Waals surface area contributed by atoms with Gasteiger partial charge in [0.25, 0.3) is 0 Å². The monoisotopic (exact) mass is 369 g/mol. The van der Waals surface area contributed by atoms with Crippen LogP contribution in [0.5, 0.6) is 11.5 Å². The Kier molecular flexibility index (Phi) is 5.80. The van der Waals surface area contributed by atoms with Gasteiger partial charge in [0, 0.05) is 29.8 Å². The molecule has 2 aromatic heterocycles. The van der Waals surface area contributed by atoms with E-state index in [1.54, 1.807) is 26.6 Å². The maximum atomic E-state index is 12.2. The van der Waals surface area contributed by atoms with E-state index < -0.39 is 0 Å². The standard InChI is InChI=1S/C19H19N3O3S/c1-24-16-7-5-13(10-17(16)25-2)6-8-18(23)22-19-21-15(12-26-19)14-4-3-9-20-11-14/h3-5,7,9-12H,6,8H2,1-2H3,(H,21,22,23). The van der Waals surface area contributed by atoms with Crippen molar-refractivity contribution < 1.29 is 14.3 Å². The number of amides is 1. The Morgan fingerprint density at radius 1 is 1.19 bits per heavy atom. The van der Waals surface area contributed by atoms with Gasteiger partial charge in [-0.3, -0.25) is 9.78 Å². The van der Waals surface area contributed by atoms with Crippen LogP contribution in [0.2, 0.25) is 0 Å². The molecule has 0 bridgehead atoms. The number of thiazole rings is 1. The largest absolute Gasteiger partial charge is 0.493 e. The Morgan fingerprint density at radius 2 is 2.04 bits per heavy atom. The molecule has 1 amide bonds. The minimum absolute atomic E-state index is 0.0770. The summed E-state index contributed by atoms with van der Waals surface area (Å²) in [5.74, 6) is 1.25. The third kappa shape index (κ3) is 4.37. The maximum absolute atomic E-state index is 12.2. The highest BCUT2D eigenvalue weighted by molar-refractivity contribution is 7.14. The average molecular weight is 369 g/mol. The number of benzene rings is 1. The maximum Gasteiger partial charge on any atom is 0.226 e. The van der Waals surface area contributed by atoms with E-state index in [0.29, 0.717) is 29.5 Å². The highest BCUT2D eigenvalue weighted by Crippen LogP contribution is 2.28. The minimum atomic E-state index is -0.0770. The van der Waals surface area contributed by atoms with Crippen LogP contribution >= 0.6 is 11.3 Å². The van der Waals surface area contributed by atoms with Gasteiger partial charge in [0.1, 0.15) is 0 Å². The van der Waals surface area contributed by atoms with Gasteiger partial charge >= 0.3 is 0 Å². The average Bonchev–Trinajstić information content (AvgIpc) is 3.15. The Hall–Kier alpha value is -2.93. The number of carbonyl (C=O) groups excluding carboxylic acids is 1. The Balaban J connectivity index is 1.57. The molecule has 2 heterocycles. The summed E-state index contributed by atoms with van der Waals surface area (Å²) in [6.07, 6.45) is 4.43. The third-order valence-corrected chi connectivity index (χ3v) is 4.55. The summed E-state index contributed by atoms with van der Waals surface area (Å²) in [6.45, 7) is 0. The summed E-state index contributed by atoms with van der Waals surface area (Å²) >= 11 is 1.40. The van der Waals surface area contributed by atoms with E-state index in [1.165, 1.54) is 11.3 Å². The van der Waals surface area contributed by atoms with E-state index in [1.807, 2.05) is 35.7 Å². The predicted octanol–water partition coefficient (Wildman–Crippen LogP) is 3.79. The van der Waals surface area contributed by atoms with Crippen molar-refractivity contribution in [2.45, 2.75) is 12.8 Å². The first-order valence-corrected chi connectivity index (χ1v) is 8.94. The van der Waals surface area contributed by atoms with Crippen LogP contribution in [-0.4, -0.2) is 30.1 Å². The quantitative estimate of drug-likeness (QED) is 0.686. The van der Waals surface area contributed by atoms with Gasteiger partial charge < -0.3 is 14.8 Å². The van der Waals surface area contributed by atoms with Gasteiger partial charge in [-0.25, -0.2) is 4.98 Å². The Labute approximate surface area is 155 Å². The van der Waals surface area contributed by atoms with Crippen molar-refractivity contribution in [1.82, 2.24) is 9.97 Å². The number of pyridine rings is 1. The molecule has 3 rings (SSSR count). The first-order chi connectivity index (χ1) is 12.7. The molecule has 0 atom stereocenters. The molecule has 26 heavy (non-hydrogen) atoms. The number of anilines is 1. The molecule has 0 saturated carbocycles. The predicted molar refractivity (Wildman–Crippen MR) is 102 cm³/mol. The summed E-state index contributed by atoms with van der Waals surface area (Å²) in [4.78, 5) is 20.7. The van der Waals surface area contributed by atoms with Crippen LogP contribution in [0.15, 0.2) is 48.1 Å². The van der Waals surface area contributed by atoms with Crippen LogP contribution in [0.25, 0.3) is 11.3 Å². The number of carbonyl (C=O) groups is 1. The van der Waals surface area contributed by atoms with Crippen LogP contribution in [-0.2, 0) is 11.2 Å². The van der Waals surface area contributed by atoms with E-state index in [-0.39, 0.29) is 5.91 Å². The summed E-state index contributed by atoms with van der Waals surface area (Å²) in [5, 5.41) is 5.33. The number of ether oxygens (including phenoxy) is 2. The van der Waals surface area contributed by atoms with Crippen molar-refractivity contribution >= 4 is 22.4 Å². The first-order valence-electron chi connectivity index (χ1n) is 8.06. The second-order valence-electron chi connectivity index (χ2n) is 5.52. The zero-order chi connectivity index (χ0) is 18.4. The highest BCUT2D eigenvalue weighted by atomic mass is 32.1. The van der Waals surface area contributed by atoms with Crippen LogP contribution in [0.1, 0.15) is 12.0 Å². The summed E-state index contributed by atoms with van der Waals surface area (Å²) in [7, 11) is 3.19. The molecular formula is C19H19N3O3S. The molecule has 0 spiro atoms. The van der Waals surface area contributed by atoms with Gasteiger partial charge in [-0.05, 0) is 36.2 Å². The van der Waals surface area contributed by atoms with Crippen molar-refractivity contribution in [2.24, 2.45) is 0 Å². The number of aromatic nitrogens is 2. The fourth-order valence-electron chi connectivity index (χ4n) is 2.45. The molecule has 0 unspecified atom stereocenters. The minimum Gasteiger partial charge on any atom is -0.493 e. The lowest BCUT2D eigenvalue weighted by molar-refractivity contribution is -0.116. The fraction of sp³-hybridized carbons (Fsp3) is 0.211. The molecular weight excluding hydrogens is 350 g/mol. The summed E-state index contributed by atoms with van der Waals surface area (Å²) in [5.41, 5.74) is 2.74. The van der Waals surface area contributed by atoms with Gasteiger partial charge in [-0.15, -0.1) is 11.3 Å². The topological polar surface area (TPSA) is 73.3 Å². The number of aryl methyl sites for hydroxylation is 1. The Morgan fingerprint density at radius 3 is 2.77 bits per heavy atom. The lowest BCUT2D eigenvalue weighted by Gasteiger charge is -2.09. The summed E-state index contributed by atoms with van der Waals surface area (Å²) in [6, 6.07) is 9.45. The molecule has 3 aromatic rings. The molecule has 1 aromatic carbocycles. The zero-order valence-corrected chi connectivity index (χ0v) is 15.4. The lowest BCUT2D eigenvalue weighted by atomic mass is 10.1. The first kappa shape index (κ1) is 17.9. The second kappa shape index (κ2) is 8.44. The van der Waals surface area contributed by atoms with Crippen molar-refractivity contribution in [1.29, 1.82) is 0 Å².